The molecule has 8 bridgehead atoms. The van der Waals surface area contributed by atoms with Gasteiger partial charge in [0.25, 0.3) is 23.6 Å². The number of carbonyl (C=O) groups excluding carboxylic acids is 7. The number of ether oxygens (including phenoxy) is 2. The highest BCUT2D eigenvalue weighted by Gasteiger charge is 2.33. The van der Waals surface area contributed by atoms with Crippen LogP contribution in [0.2, 0.25) is 0 Å². The van der Waals surface area contributed by atoms with Gasteiger partial charge in [-0.2, -0.15) is 4.58 Å². The van der Waals surface area contributed by atoms with Gasteiger partial charge in [-0.25, -0.2) is 19.6 Å². The van der Waals surface area contributed by atoms with Crippen molar-refractivity contribution in [1.82, 2.24) is 31.2 Å². The summed E-state index contributed by atoms with van der Waals surface area (Å²) in [5.74, 6) is -2.09. The number of benzene rings is 4. The molecule has 13 rings (SSSR count). The summed E-state index contributed by atoms with van der Waals surface area (Å²) in [7, 11) is 0. The Balaban J connectivity index is 0.000000252. The summed E-state index contributed by atoms with van der Waals surface area (Å²) in [6.07, 6.45) is 15.6. The highest BCUT2D eigenvalue weighted by molar-refractivity contribution is 6.39. The fourth-order valence-electron chi connectivity index (χ4n) is 12.6. The second-order valence-corrected chi connectivity index (χ2v) is 26.5. The van der Waals surface area contributed by atoms with Gasteiger partial charge in [-0.1, -0.05) is 123 Å². The van der Waals surface area contributed by atoms with Crippen molar-refractivity contribution in [1.29, 1.82) is 0 Å². The Morgan fingerprint density at radius 2 is 1.04 bits per heavy atom. The summed E-state index contributed by atoms with van der Waals surface area (Å²) < 4.78 is 14.0. The molecule has 18 nitrogen and oxygen atoms in total. The first kappa shape index (κ1) is 73.6. The van der Waals surface area contributed by atoms with Crippen LogP contribution in [0.3, 0.4) is 0 Å². The highest BCUT2D eigenvalue weighted by Crippen LogP contribution is 2.39. The molecule has 2 atom stereocenters. The quantitative estimate of drug-likeness (QED) is 0.0356. The topological polar surface area (TPSA) is 241 Å². The molecule has 100 heavy (non-hydrogen) atoms. The number of pyridine rings is 2. The molecular formula is C82H92N8O10. The van der Waals surface area contributed by atoms with Gasteiger partial charge in [0.15, 0.2) is 18.4 Å². The number of Topliss-reactive ketones (excluding diaryl/α,β-unsaturated/α-hetero) is 1. The lowest BCUT2D eigenvalue weighted by Gasteiger charge is -2.33. The van der Waals surface area contributed by atoms with Crippen molar-refractivity contribution in [2.45, 2.75) is 145 Å². The molecule has 4 amide bonds. The molecule has 0 spiro atoms. The molecule has 4 aliphatic heterocycles. The van der Waals surface area contributed by atoms with Crippen molar-refractivity contribution in [3.8, 4) is 0 Å². The minimum absolute atomic E-state index is 0.157. The minimum atomic E-state index is -0.413. The molecule has 1 saturated carbocycles. The Bertz CT molecular complexity index is 4120. The number of allylic oxidation sites excluding steroid dienone is 7. The molecule has 2 unspecified atom stereocenters. The Labute approximate surface area is 587 Å². The number of anilines is 2. The van der Waals surface area contributed by atoms with Crippen LogP contribution in [0.1, 0.15) is 173 Å². The average Bonchev–Trinajstić information content (AvgIpc) is 0.745. The number of aromatic nitrogens is 2. The molecule has 4 N–H and O–H groups in total. The first-order valence-corrected chi connectivity index (χ1v) is 34.7. The Morgan fingerprint density at radius 3 is 1.50 bits per heavy atom. The van der Waals surface area contributed by atoms with E-state index in [9.17, 15) is 38.7 Å². The van der Waals surface area contributed by atoms with E-state index in [0.717, 1.165) is 108 Å². The molecule has 7 aliphatic rings. The van der Waals surface area contributed by atoms with Crippen molar-refractivity contribution in [2.24, 2.45) is 11.8 Å². The maximum Gasteiger partial charge on any atom is 0.333 e. The number of hydrogen-bond donors (Lipinski definition) is 4. The zero-order valence-electron chi connectivity index (χ0n) is 58.8. The normalized spacial score (nSPS) is 17.0. The molecule has 18 heteroatoms. The largest absolute Gasteiger partial charge is 0.871 e. The van der Waals surface area contributed by atoms with Gasteiger partial charge in [0.05, 0.1) is 6.54 Å². The lowest BCUT2D eigenvalue weighted by molar-refractivity contribution is -0.451. The molecule has 520 valence electrons. The first-order valence-electron chi connectivity index (χ1n) is 34.7. The fourth-order valence-corrected chi connectivity index (χ4v) is 12.6. The third-order valence-electron chi connectivity index (χ3n) is 18.3. The molecular weight excluding hydrogens is 1260 g/mol. The van der Waals surface area contributed by atoms with E-state index in [1.54, 1.807) is 50.2 Å². The number of amides is 4. The zero-order valence-corrected chi connectivity index (χ0v) is 58.8. The summed E-state index contributed by atoms with van der Waals surface area (Å²) in [5.41, 5.74) is 12.7. The van der Waals surface area contributed by atoms with Gasteiger partial charge in [-0.05, 0) is 193 Å². The van der Waals surface area contributed by atoms with E-state index in [2.05, 4.69) is 132 Å². The number of carbonyl (C=O) groups is 7. The second-order valence-electron chi connectivity index (χ2n) is 26.5. The smallest absolute Gasteiger partial charge is 0.333 e. The molecule has 6 heterocycles. The van der Waals surface area contributed by atoms with Gasteiger partial charge in [0.1, 0.15) is 28.9 Å². The number of esters is 2. The maximum atomic E-state index is 13.8. The highest BCUT2D eigenvalue weighted by atomic mass is 16.5. The van der Waals surface area contributed by atoms with Gasteiger partial charge in [0, 0.05) is 83.6 Å². The van der Waals surface area contributed by atoms with Gasteiger partial charge >= 0.3 is 11.9 Å². The van der Waals surface area contributed by atoms with Crippen molar-refractivity contribution in [3.05, 3.63) is 249 Å². The van der Waals surface area contributed by atoms with Crippen LogP contribution in [0, 0.1) is 39.5 Å². The molecule has 6 aromatic rings. The first-order chi connectivity index (χ1) is 48.1. The molecule has 0 radical (unpaired) electrons. The van der Waals surface area contributed by atoms with Crippen molar-refractivity contribution < 1.29 is 52.7 Å². The van der Waals surface area contributed by atoms with Crippen LogP contribution in [0.4, 0.5) is 17.1 Å². The van der Waals surface area contributed by atoms with E-state index in [4.69, 9.17) is 9.47 Å². The van der Waals surface area contributed by atoms with Gasteiger partial charge in [-0.3, -0.25) is 24.0 Å². The number of aryl methyl sites for hydroxylation is 4. The fraction of sp³-hybridized carbons (Fsp3) is 0.341. The van der Waals surface area contributed by atoms with E-state index in [1.807, 2.05) is 72.8 Å². The SMILES string of the molecule is C=C(C)C(=O)OC(CCCC)CN(c1ccc(C2=C([O-])C(=C3C=CC(=[N+](CC(CCCC)OC(=O)C(=C)C)c4ccc(C)cc4C)C=C3)C2=O)cc1)c1ccc(C)cc1C.O=C1NCc2ccc(cc2)CNC(=O)c2cccc(n2)C(=O)NCC2CCC(CC2)CNC(=O)c2cccc1n2. The Kier molecular flexibility index (Phi) is 25.6. The monoisotopic (exact) mass is 1350 g/mol. The van der Waals surface area contributed by atoms with Crippen LogP contribution in [0.25, 0.3) is 5.57 Å². The predicted octanol–water partition coefficient (Wildman–Crippen LogP) is 12.9. The van der Waals surface area contributed by atoms with Gasteiger partial charge in [0.2, 0.25) is 11.4 Å². The van der Waals surface area contributed by atoms with Crippen LogP contribution in [0.5, 0.6) is 0 Å². The summed E-state index contributed by atoms with van der Waals surface area (Å²) in [4.78, 5) is 101. The van der Waals surface area contributed by atoms with E-state index >= 15 is 0 Å². The van der Waals surface area contributed by atoms with Crippen molar-refractivity contribution in [2.75, 3.05) is 31.1 Å². The third kappa shape index (κ3) is 19.4. The number of rotatable bonds is 18. The van der Waals surface area contributed by atoms with Crippen LogP contribution >= 0.6 is 0 Å². The number of nitrogens with one attached hydrogen (secondary N) is 4. The van der Waals surface area contributed by atoms with Crippen LogP contribution < -0.4 is 31.3 Å². The number of hydrogen-bond acceptors (Lipinski definition) is 13. The lowest BCUT2D eigenvalue weighted by Crippen LogP contribution is -2.35. The Hall–Kier alpha value is -10.6. The Morgan fingerprint density at radius 1 is 0.580 bits per heavy atom. The standard InChI is InChI=1S/C52H60N2O6.C30H32N6O4/c1-11-13-15-43(59-51(57)33(3)4)31-53(45-27-17-35(7)29-37(45)9)41-23-19-39(20-24-41)47-49(55)48(50(47)56)40-21-25-42(26-22-40)54(46-28-18-36(8)30-38(46)10)32-44(16-14-12-2)60-52(58)34(5)6;37-27-23-3-1-4-24(35-23)28(38)32-16-20-9-13-22(14-10-20)18-34-30(40)26-6-2-5-25(36-26)29(39)33-17-21-11-7-19(8-12-21)15-31-27/h17-30,43-44H,3,5,11-16,31-32H2,1-2,4,6-10H3;1-8,11-12,20,22H,9-10,13-18H2,(H,31,37)(H,32,38)(H,33,39)(H,34,40). The van der Waals surface area contributed by atoms with Gasteiger partial charge < -0.3 is 40.7 Å². The summed E-state index contributed by atoms with van der Waals surface area (Å²) in [6, 6.07) is 37.1. The number of unbranched alkanes of at least 4 members (excludes halogenated alkanes) is 2. The molecule has 0 saturated heterocycles. The number of nitrogens with zero attached hydrogens (tertiary/aromatic N) is 4. The van der Waals surface area contributed by atoms with Crippen LogP contribution in [-0.2, 0) is 36.9 Å². The van der Waals surface area contributed by atoms with E-state index < -0.39 is 11.9 Å². The third-order valence-corrected chi connectivity index (χ3v) is 18.3. The lowest BCUT2D eigenvalue weighted by atomic mass is 9.80. The minimum Gasteiger partial charge on any atom is -0.871 e. The van der Waals surface area contributed by atoms with Crippen LogP contribution in [0.15, 0.2) is 187 Å². The summed E-state index contributed by atoms with van der Waals surface area (Å²) in [6.45, 7) is 25.8. The second kappa shape index (κ2) is 34.7. The summed E-state index contributed by atoms with van der Waals surface area (Å²) in [5, 5.41) is 25.4. The average molecular weight is 1350 g/mol. The molecule has 3 aliphatic carbocycles. The summed E-state index contributed by atoms with van der Waals surface area (Å²) >= 11 is 0. The van der Waals surface area contributed by atoms with E-state index in [0.29, 0.717) is 73.1 Å². The predicted molar refractivity (Wildman–Crippen MR) is 388 cm³/mol. The van der Waals surface area contributed by atoms with Crippen LogP contribution in [-0.4, -0.2) is 100.0 Å². The number of ketones is 1. The van der Waals surface area contributed by atoms with E-state index in [1.165, 1.54) is 0 Å². The van der Waals surface area contributed by atoms with Gasteiger partial charge in [-0.15, -0.1) is 0 Å². The van der Waals surface area contributed by atoms with Crippen molar-refractivity contribution in [3.63, 3.8) is 0 Å². The molecule has 4 aromatic carbocycles. The maximum absolute atomic E-state index is 13.8. The molecule has 1 fully saturated rings. The van der Waals surface area contributed by atoms with E-state index in [-0.39, 0.29) is 94.4 Å². The van der Waals surface area contributed by atoms with Crippen molar-refractivity contribution >= 4 is 69.7 Å². The molecule has 2 aromatic heterocycles. The zero-order chi connectivity index (χ0) is 71.6.